The summed E-state index contributed by atoms with van der Waals surface area (Å²) in [6, 6.07) is 24.5. The Kier molecular flexibility index (Phi) is 17.8. The third-order valence-corrected chi connectivity index (χ3v) is 19.9. The first-order valence-corrected chi connectivity index (χ1v) is 33.3. The van der Waals surface area contributed by atoms with E-state index < -0.39 is 70.9 Å². The number of amides is 1. The van der Waals surface area contributed by atoms with Crippen molar-refractivity contribution in [3.05, 3.63) is 155 Å². The number of carbonyl (C=O) groups is 1. The number of thioether (sulfide) groups is 1. The second-order valence-corrected chi connectivity index (χ2v) is 28.1. The van der Waals surface area contributed by atoms with Gasteiger partial charge in [0.1, 0.15) is 27.8 Å². The van der Waals surface area contributed by atoms with E-state index in [4.69, 9.17) is 0 Å². The summed E-state index contributed by atoms with van der Waals surface area (Å²) in [5.74, 6) is 1.46. The number of hydrogen-bond donors (Lipinski definition) is 7. The van der Waals surface area contributed by atoms with E-state index in [1.54, 1.807) is 66.4 Å². The van der Waals surface area contributed by atoms with Crippen LogP contribution in [-0.4, -0.2) is 103 Å². The van der Waals surface area contributed by atoms with Crippen molar-refractivity contribution in [3.8, 4) is 11.5 Å². The number of nitrogens with one attached hydrogen (secondary N) is 1. The minimum atomic E-state index is -4.99. The molecule has 7 N–H and O–H groups in total. The highest BCUT2D eigenvalue weighted by Crippen LogP contribution is 2.52. The second-order valence-electron chi connectivity index (χ2n) is 21.4. The van der Waals surface area contributed by atoms with Gasteiger partial charge in [0.2, 0.25) is 11.6 Å². The fraction of sp³-hybridized carbons (Fsp3) is 0.322. The third-order valence-electron chi connectivity index (χ3n) is 15.5. The van der Waals surface area contributed by atoms with Crippen LogP contribution in [0.15, 0.2) is 153 Å². The van der Waals surface area contributed by atoms with Crippen LogP contribution in [0.3, 0.4) is 0 Å². The van der Waals surface area contributed by atoms with Crippen LogP contribution in [-0.2, 0) is 56.1 Å². The van der Waals surface area contributed by atoms with E-state index in [0.29, 0.717) is 72.5 Å². The summed E-state index contributed by atoms with van der Waals surface area (Å²) in [4.78, 5) is 12.4. The van der Waals surface area contributed by atoms with Gasteiger partial charge in [-0.2, -0.15) is 38.2 Å². The number of aromatic hydroxyl groups is 2. The number of nitrogens with zero attached hydrogens (tertiary/aromatic N) is 2. The highest BCUT2D eigenvalue weighted by molar-refractivity contribution is 7.99. The molecule has 2 aliphatic heterocycles. The lowest BCUT2D eigenvalue weighted by Crippen LogP contribution is -2.28. The van der Waals surface area contributed by atoms with Gasteiger partial charge in [-0.1, -0.05) is 69.3 Å². The highest BCUT2D eigenvalue weighted by atomic mass is 32.2. The molecule has 18 nitrogen and oxygen atoms in total. The van der Waals surface area contributed by atoms with Crippen molar-refractivity contribution in [3.63, 3.8) is 0 Å². The Morgan fingerprint density at radius 3 is 1.68 bits per heavy atom. The molecule has 2 aliphatic rings. The Morgan fingerprint density at radius 1 is 0.622 bits per heavy atom. The van der Waals surface area contributed by atoms with Crippen molar-refractivity contribution in [1.29, 1.82) is 0 Å². The summed E-state index contributed by atoms with van der Waals surface area (Å²) < 4.78 is 143. The molecule has 6 aromatic carbocycles. The molecule has 0 fully saturated rings. The molecule has 2 heterocycles. The summed E-state index contributed by atoms with van der Waals surface area (Å²) in [7, 11) is -19.8. The van der Waals surface area contributed by atoms with Crippen molar-refractivity contribution in [1.82, 2.24) is 5.32 Å². The largest absolute Gasteiger partial charge is 0.508 e. The number of unbranched alkanes of at least 4 members (excludes halogenated alkanes) is 2. The molecule has 2 atom stereocenters. The number of benzene rings is 6. The number of likely N-dealkylation sites (N-methyl/N-ethyl adjacent to an activating group) is 1. The van der Waals surface area contributed by atoms with Crippen LogP contribution < -0.4 is 10.2 Å². The lowest BCUT2D eigenvalue weighted by Gasteiger charge is -2.27. The molecule has 0 aromatic heterocycles. The van der Waals surface area contributed by atoms with Crippen LogP contribution in [0.2, 0.25) is 0 Å². The average molecular weight is 1220 g/mol. The molecule has 436 valence electrons. The number of phenolic OH excluding ortho intramolecular Hbond substituents is 2. The van der Waals surface area contributed by atoms with Gasteiger partial charge in [-0.05, 0) is 146 Å². The summed E-state index contributed by atoms with van der Waals surface area (Å²) in [6.07, 6.45) is 12.0. The number of phenols is 2. The average Bonchev–Trinajstić information content (AvgIpc) is 1.73. The van der Waals surface area contributed by atoms with Gasteiger partial charge in [0.05, 0.1) is 21.1 Å². The fourth-order valence-electron chi connectivity index (χ4n) is 11.7. The van der Waals surface area contributed by atoms with Gasteiger partial charge in [-0.3, -0.25) is 23.0 Å². The molecule has 0 bridgehead atoms. The van der Waals surface area contributed by atoms with E-state index >= 15 is 0 Å². The van der Waals surface area contributed by atoms with Gasteiger partial charge >= 0.3 is 0 Å². The molecule has 23 heteroatoms. The SMILES string of the molecule is CCC(c1ccc(O)cc1)C(CSCNC(=O)CCCCC[N+]1=C(/C=C/C=C/C=C2/N(CC)c3ccc4c(S(=O)(=O)O)cc(S(=O)(=O)O)cc4c3C2(C)C)C(C)(C)c2c1ccc1c(S(=O)(=O)O)cc(S(=O)(=O)O)cc21)c1ccc(O)cc1. The standard InChI is InChI=1S/C59H65N3O15S5/c1-7-43(37-18-22-39(63)23-19-37)48(38-20-24-40(64)25-21-38)35-78-36-60-55(65)17-13-10-14-30-62-50-29-27-45-47(32-42(80(69,70)71)34-52(45)82(75,76)77)57(50)59(5,6)54(62)16-12-9-11-15-53-58(3,4)56-46-31-41(79(66,67)68)33-51(81(72,73)74)44(46)26-28-49(56)61(53)8-2/h9,11-12,15-16,18-29,31-34,43,48H,7-8,10,13-14,17,30,35-36H2,1-6H3,(H6-,60,63,64,65,66,67,68,69,70,71,72,73,74,75,76,77)/p+1. The van der Waals surface area contributed by atoms with Crippen LogP contribution in [0.1, 0.15) is 108 Å². The predicted molar refractivity (Wildman–Crippen MR) is 318 cm³/mol. The first-order chi connectivity index (χ1) is 38.4. The second kappa shape index (κ2) is 23.7. The Balaban J connectivity index is 1.04. The lowest BCUT2D eigenvalue weighted by atomic mass is 9.79. The van der Waals surface area contributed by atoms with E-state index in [-0.39, 0.29) is 57.2 Å². The zero-order valence-corrected chi connectivity index (χ0v) is 50.0. The molecule has 0 aliphatic carbocycles. The molecule has 0 saturated heterocycles. The molecular formula is C59H66N3O15S5+. The lowest BCUT2D eigenvalue weighted by molar-refractivity contribution is -0.438. The summed E-state index contributed by atoms with van der Waals surface area (Å²) in [5.41, 5.74) is 4.15. The molecule has 0 saturated carbocycles. The maximum atomic E-state index is 13.2. The van der Waals surface area contributed by atoms with Gasteiger partial charge in [0.25, 0.3) is 40.5 Å². The minimum absolute atomic E-state index is 0.0397. The summed E-state index contributed by atoms with van der Waals surface area (Å²) in [5, 5.41) is 23.4. The number of fused-ring (bicyclic) bond motifs is 6. The number of anilines is 1. The third kappa shape index (κ3) is 12.7. The number of carbonyl (C=O) groups excluding carboxylic acids is 1. The van der Waals surface area contributed by atoms with E-state index in [9.17, 15) is 66.9 Å². The van der Waals surface area contributed by atoms with Crippen LogP contribution in [0, 0.1) is 0 Å². The number of allylic oxidation sites excluding steroid dienone is 6. The summed E-state index contributed by atoms with van der Waals surface area (Å²) in [6.45, 7) is 12.4. The highest BCUT2D eigenvalue weighted by Gasteiger charge is 2.46. The Bertz CT molecular complexity index is 4100. The summed E-state index contributed by atoms with van der Waals surface area (Å²) >= 11 is 1.59. The molecule has 2 unspecified atom stereocenters. The molecule has 1 amide bonds. The Labute approximate surface area is 483 Å². The van der Waals surface area contributed by atoms with Crippen molar-refractivity contribution in [2.24, 2.45) is 0 Å². The van der Waals surface area contributed by atoms with Gasteiger partial charge < -0.3 is 20.4 Å². The van der Waals surface area contributed by atoms with Crippen molar-refractivity contribution >= 4 is 96.8 Å². The van der Waals surface area contributed by atoms with E-state index in [2.05, 4.69) is 12.2 Å². The van der Waals surface area contributed by atoms with Gasteiger partial charge in [-0.15, -0.1) is 11.8 Å². The van der Waals surface area contributed by atoms with Crippen LogP contribution >= 0.6 is 11.8 Å². The maximum Gasteiger partial charge on any atom is 0.295 e. The van der Waals surface area contributed by atoms with Crippen LogP contribution in [0.4, 0.5) is 11.4 Å². The van der Waals surface area contributed by atoms with Crippen LogP contribution in [0.5, 0.6) is 11.5 Å². The van der Waals surface area contributed by atoms with Gasteiger partial charge in [-0.25, -0.2) is 0 Å². The molecule has 8 rings (SSSR count). The Morgan fingerprint density at radius 2 is 1.16 bits per heavy atom. The predicted octanol–water partition coefficient (Wildman–Crippen LogP) is 10.9. The molecule has 82 heavy (non-hydrogen) atoms. The smallest absolute Gasteiger partial charge is 0.295 e. The number of hydrogen-bond acceptors (Lipinski definition) is 13. The fourth-order valence-corrected chi connectivity index (χ4v) is 15.5. The first kappa shape index (κ1) is 61.7. The maximum absolute atomic E-state index is 13.2. The van der Waals surface area contributed by atoms with E-state index in [0.717, 1.165) is 35.0 Å². The van der Waals surface area contributed by atoms with E-state index in [1.807, 2.05) is 80.5 Å². The zero-order valence-electron chi connectivity index (χ0n) is 45.9. The topological polar surface area (TPSA) is 293 Å². The van der Waals surface area contributed by atoms with Gasteiger partial charge in [0, 0.05) is 70.4 Å². The monoisotopic (exact) mass is 1220 g/mol. The normalized spacial score (nSPS) is 16.7. The molecule has 0 radical (unpaired) electrons. The molecular weight excluding hydrogens is 1150 g/mol. The zero-order chi connectivity index (χ0) is 59.9. The van der Waals surface area contributed by atoms with Crippen molar-refractivity contribution in [2.75, 3.05) is 29.6 Å². The Hall–Kier alpha value is -6.41. The van der Waals surface area contributed by atoms with Crippen molar-refractivity contribution in [2.45, 2.75) is 116 Å². The first-order valence-electron chi connectivity index (χ1n) is 26.4. The van der Waals surface area contributed by atoms with E-state index in [1.165, 1.54) is 24.3 Å². The van der Waals surface area contributed by atoms with Crippen molar-refractivity contribution < 1.29 is 71.5 Å². The minimum Gasteiger partial charge on any atom is -0.508 e. The number of rotatable bonds is 22. The molecule has 0 spiro atoms. The quantitative estimate of drug-likeness (QED) is 0.0109. The van der Waals surface area contributed by atoms with Crippen LogP contribution in [0.25, 0.3) is 21.5 Å². The van der Waals surface area contributed by atoms with Gasteiger partial charge in [0.15, 0.2) is 5.71 Å². The molecule has 6 aromatic rings.